The summed E-state index contributed by atoms with van der Waals surface area (Å²) in [5.41, 5.74) is 2.40. The van der Waals surface area contributed by atoms with Crippen LogP contribution in [0.3, 0.4) is 0 Å². The topological polar surface area (TPSA) is 103 Å². The van der Waals surface area contributed by atoms with Crippen molar-refractivity contribution in [1.82, 2.24) is 14.6 Å². The standard InChI is InChI=1S/C25H24N4O4S/c1-15-28-29-21(30)13-20(27-24(29)34-15)14-33-23(32)17-6-5-7-19(12-17)26-22(31)16-8-10-18(11-9-16)25(2,3)4/h5-13H,14H2,1-4H3,(H,26,31). The van der Waals surface area contributed by atoms with Crippen LogP contribution in [0.15, 0.2) is 59.4 Å². The first kappa shape index (κ1) is 23.3. The summed E-state index contributed by atoms with van der Waals surface area (Å²) < 4.78 is 6.55. The monoisotopic (exact) mass is 476 g/mol. The number of ether oxygens (including phenoxy) is 1. The zero-order valence-corrected chi connectivity index (χ0v) is 20.1. The van der Waals surface area contributed by atoms with Gasteiger partial charge in [0.1, 0.15) is 11.6 Å². The molecule has 0 radical (unpaired) electrons. The fourth-order valence-electron chi connectivity index (χ4n) is 3.30. The van der Waals surface area contributed by atoms with E-state index in [0.717, 1.165) is 5.56 Å². The summed E-state index contributed by atoms with van der Waals surface area (Å²) in [6.07, 6.45) is 0. The van der Waals surface area contributed by atoms with Crippen molar-refractivity contribution in [2.24, 2.45) is 0 Å². The normalized spacial score (nSPS) is 11.4. The number of carbonyl (C=O) groups is 2. The van der Waals surface area contributed by atoms with E-state index in [1.807, 2.05) is 12.1 Å². The quantitative estimate of drug-likeness (QED) is 0.429. The van der Waals surface area contributed by atoms with Gasteiger partial charge in [0.2, 0.25) is 4.96 Å². The summed E-state index contributed by atoms with van der Waals surface area (Å²) in [4.78, 5) is 42.1. The predicted molar refractivity (Wildman–Crippen MR) is 131 cm³/mol. The van der Waals surface area contributed by atoms with Gasteiger partial charge in [-0.05, 0) is 48.2 Å². The van der Waals surface area contributed by atoms with Crippen molar-refractivity contribution in [2.75, 3.05) is 5.32 Å². The third-order valence-corrected chi connectivity index (χ3v) is 5.94. The molecule has 1 N–H and O–H groups in total. The minimum Gasteiger partial charge on any atom is -0.456 e. The summed E-state index contributed by atoms with van der Waals surface area (Å²) in [7, 11) is 0. The Balaban J connectivity index is 1.42. The molecule has 0 aliphatic carbocycles. The van der Waals surface area contributed by atoms with Crippen LogP contribution in [-0.4, -0.2) is 26.5 Å². The van der Waals surface area contributed by atoms with Crippen molar-refractivity contribution in [3.8, 4) is 0 Å². The van der Waals surface area contributed by atoms with E-state index in [0.29, 0.717) is 26.9 Å². The van der Waals surface area contributed by atoms with Crippen molar-refractivity contribution in [2.45, 2.75) is 39.7 Å². The Morgan fingerprint density at radius 3 is 2.50 bits per heavy atom. The van der Waals surface area contributed by atoms with Crippen LogP contribution in [0.5, 0.6) is 0 Å². The zero-order valence-electron chi connectivity index (χ0n) is 19.3. The summed E-state index contributed by atoms with van der Waals surface area (Å²) in [6.45, 7) is 7.96. The molecule has 0 saturated heterocycles. The van der Waals surface area contributed by atoms with Gasteiger partial charge in [0.05, 0.1) is 11.3 Å². The molecular weight excluding hydrogens is 452 g/mol. The second-order valence-electron chi connectivity index (χ2n) is 8.84. The number of anilines is 1. The molecule has 0 aliphatic heterocycles. The maximum atomic E-state index is 12.6. The molecule has 1 amide bonds. The van der Waals surface area contributed by atoms with E-state index in [4.69, 9.17) is 4.74 Å². The van der Waals surface area contributed by atoms with Crippen LogP contribution in [0.25, 0.3) is 4.96 Å². The fraction of sp³-hybridized carbons (Fsp3) is 0.240. The number of benzene rings is 2. The lowest BCUT2D eigenvalue weighted by atomic mass is 9.87. The largest absolute Gasteiger partial charge is 0.456 e. The summed E-state index contributed by atoms with van der Waals surface area (Å²) in [6, 6.07) is 15.2. The highest BCUT2D eigenvalue weighted by Crippen LogP contribution is 2.22. The lowest BCUT2D eigenvalue weighted by molar-refractivity contribution is 0.0467. The van der Waals surface area contributed by atoms with Crippen molar-refractivity contribution in [3.63, 3.8) is 0 Å². The number of aromatic nitrogens is 3. The number of rotatable bonds is 5. The molecular formula is C25H24N4O4S. The van der Waals surface area contributed by atoms with Gasteiger partial charge in [0, 0.05) is 17.3 Å². The van der Waals surface area contributed by atoms with Gasteiger partial charge in [0.15, 0.2) is 0 Å². The first-order chi connectivity index (χ1) is 16.1. The Kier molecular flexibility index (Phi) is 6.30. The second kappa shape index (κ2) is 9.18. The van der Waals surface area contributed by atoms with Gasteiger partial charge in [-0.25, -0.2) is 9.78 Å². The zero-order chi connectivity index (χ0) is 24.5. The molecule has 2 heterocycles. The minimum absolute atomic E-state index is 0.00132. The van der Waals surface area contributed by atoms with Crippen molar-refractivity contribution >= 4 is 33.9 Å². The fourth-order valence-corrected chi connectivity index (χ4v) is 4.06. The molecule has 174 valence electrons. The molecule has 4 rings (SSSR count). The molecule has 0 bridgehead atoms. The number of hydrogen-bond acceptors (Lipinski definition) is 7. The predicted octanol–water partition coefficient (Wildman–Crippen LogP) is 4.37. The average molecular weight is 477 g/mol. The Morgan fingerprint density at radius 1 is 1.06 bits per heavy atom. The van der Waals surface area contributed by atoms with Gasteiger partial charge in [-0.1, -0.05) is 50.3 Å². The average Bonchev–Trinajstić information content (AvgIpc) is 3.18. The number of hydrogen-bond donors (Lipinski definition) is 1. The number of nitrogens with zero attached hydrogens (tertiary/aromatic N) is 3. The molecule has 0 unspecified atom stereocenters. The number of carbonyl (C=O) groups excluding carboxylic acids is 2. The highest BCUT2D eigenvalue weighted by atomic mass is 32.1. The highest BCUT2D eigenvalue weighted by molar-refractivity contribution is 7.16. The molecule has 0 aliphatic rings. The maximum absolute atomic E-state index is 12.6. The molecule has 0 spiro atoms. The molecule has 0 atom stereocenters. The molecule has 0 saturated carbocycles. The van der Waals surface area contributed by atoms with Crippen molar-refractivity contribution < 1.29 is 14.3 Å². The SMILES string of the molecule is Cc1nn2c(=O)cc(COC(=O)c3cccc(NC(=O)c4ccc(C(C)(C)C)cc4)c3)nc2s1. The minimum atomic E-state index is -0.590. The van der Waals surface area contributed by atoms with E-state index < -0.39 is 5.97 Å². The van der Waals surface area contributed by atoms with Crippen LogP contribution in [0, 0.1) is 6.92 Å². The van der Waals surface area contributed by atoms with Crippen LogP contribution >= 0.6 is 11.3 Å². The number of esters is 1. The van der Waals surface area contributed by atoms with E-state index in [2.05, 4.69) is 36.2 Å². The summed E-state index contributed by atoms with van der Waals surface area (Å²) >= 11 is 1.28. The third-order valence-electron chi connectivity index (χ3n) is 5.12. The van der Waals surface area contributed by atoms with Crippen LogP contribution in [-0.2, 0) is 16.8 Å². The smallest absolute Gasteiger partial charge is 0.338 e. The second-order valence-corrected chi connectivity index (χ2v) is 10.00. The molecule has 34 heavy (non-hydrogen) atoms. The molecule has 2 aromatic carbocycles. The lowest BCUT2D eigenvalue weighted by Gasteiger charge is -2.19. The van der Waals surface area contributed by atoms with Gasteiger partial charge in [0.25, 0.3) is 11.5 Å². The molecule has 0 fully saturated rings. The van der Waals surface area contributed by atoms with Crippen LogP contribution in [0.1, 0.15) is 57.8 Å². The molecule has 9 heteroatoms. The van der Waals surface area contributed by atoms with Crippen molar-refractivity contribution in [1.29, 1.82) is 0 Å². The Hall–Kier alpha value is -3.85. The Bertz CT molecular complexity index is 1430. The van der Waals surface area contributed by atoms with Crippen LogP contribution < -0.4 is 10.9 Å². The van der Waals surface area contributed by atoms with Crippen LogP contribution in [0.2, 0.25) is 0 Å². The molecule has 2 aromatic heterocycles. The van der Waals surface area contributed by atoms with Gasteiger partial charge in [-0.15, -0.1) is 0 Å². The highest BCUT2D eigenvalue weighted by Gasteiger charge is 2.15. The summed E-state index contributed by atoms with van der Waals surface area (Å²) in [5.74, 6) is -0.864. The third kappa shape index (κ3) is 5.20. The van der Waals surface area contributed by atoms with Gasteiger partial charge < -0.3 is 10.1 Å². The van der Waals surface area contributed by atoms with Gasteiger partial charge in [-0.2, -0.15) is 9.61 Å². The van der Waals surface area contributed by atoms with E-state index in [9.17, 15) is 14.4 Å². The van der Waals surface area contributed by atoms with Gasteiger partial charge in [-0.3, -0.25) is 9.59 Å². The van der Waals surface area contributed by atoms with Crippen LogP contribution in [0.4, 0.5) is 5.69 Å². The van der Waals surface area contributed by atoms with E-state index in [-0.39, 0.29) is 29.1 Å². The number of amides is 1. The summed E-state index contributed by atoms with van der Waals surface area (Å²) in [5, 5.41) is 7.60. The Morgan fingerprint density at radius 2 is 1.79 bits per heavy atom. The number of aryl methyl sites for hydroxylation is 1. The van der Waals surface area contributed by atoms with E-state index >= 15 is 0 Å². The molecule has 4 aromatic rings. The van der Waals surface area contributed by atoms with E-state index in [1.54, 1.807) is 43.3 Å². The molecule has 8 nitrogen and oxygen atoms in total. The van der Waals surface area contributed by atoms with Crippen molar-refractivity contribution in [3.05, 3.63) is 92.3 Å². The first-order valence-electron chi connectivity index (χ1n) is 10.7. The maximum Gasteiger partial charge on any atom is 0.338 e. The lowest BCUT2D eigenvalue weighted by Crippen LogP contribution is -2.17. The number of fused-ring (bicyclic) bond motifs is 1. The first-order valence-corrected chi connectivity index (χ1v) is 11.5. The number of nitrogens with one attached hydrogen (secondary N) is 1. The van der Waals surface area contributed by atoms with Gasteiger partial charge >= 0.3 is 5.97 Å². The van der Waals surface area contributed by atoms with E-state index in [1.165, 1.54) is 21.9 Å². The Labute approximate surface area is 200 Å².